The van der Waals surface area contributed by atoms with E-state index in [0.717, 1.165) is 0 Å². The minimum Gasteiger partial charge on any atom is -0.382 e. The van der Waals surface area contributed by atoms with Crippen molar-refractivity contribution in [2.45, 2.75) is 26.8 Å². The molecule has 0 spiro atoms. The van der Waals surface area contributed by atoms with Crippen LogP contribution in [0.15, 0.2) is 54.6 Å². The molecular formula is C17H21N. The maximum atomic E-state index is 3.52. The van der Waals surface area contributed by atoms with Gasteiger partial charge in [0.15, 0.2) is 0 Å². The molecule has 1 heteroatoms. The highest BCUT2D eigenvalue weighted by molar-refractivity contribution is 5.65. The summed E-state index contributed by atoms with van der Waals surface area (Å²) >= 11 is 0. The van der Waals surface area contributed by atoms with E-state index in [1.165, 1.54) is 16.8 Å². The van der Waals surface area contributed by atoms with Crippen molar-refractivity contribution in [3.05, 3.63) is 54.6 Å². The van der Waals surface area contributed by atoms with Gasteiger partial charge in [0.25, 0.3) is 0 Å². The molecule has 0 radical (unpaired) electrons. The first kappa shape index (κ1) is 12.7. The summed E-state index contributed by atoms with van der Waals surface area (Å²) < 4.78 is 0. The molecule has 1 atom stereocenters. The third-order valence-electron chi connectivity index (χ3n) is 3.39. The molecular weight excluding hydrogens is 218 g/mol. The molecule has 0 aromatic heterocycles. The van der Waals surface area contributed by atoms with Crippen LogP contribution in [0.3, 0.4) is 0 Å². The molecule has 0 saturated carbocycles. The fourth-order valence-corrected chi connectivity index (χ4v) is 1.82. The molecule has 2 rings (SSSR count). The number of rotatable bonds is 4. The molecule has 1 N–H and O–H groups in total. The average Bonchev–Trinajstić information content (AvgIpc) is 2.40. The Morgan fingerprint density at radius 1 is 0.722 bits per heavy atom. The first-order valence-electron chi connectivity index (χ1n) is 6.59. The third-order valence-corrected chi connectivity index (χ3v) is 3.39. The largest absolute Gasteiger partial charge is 0.382 e. The zero-order valence-corrected chi connectivity index (χ0v) is 11.4. The van der Waals surface area contributed by atoms with Gasteiger partial charge in [0.05, 0.1) is 0 Å². The van der Waals surface area contributed by atoms with Gasteiger partial charge >= 0.3 is 0 Å². The molecule has 1 unspecified atom stereocenters. The van der Waals surface area contributed by atoms with Crippen LogP contribution in [-0.2, 0) is 0 Å². The normalized spacial score (nSPS) is 12.4. The fourth-order valence-electron chi connectivity index (χ4n) is 1.82. The highest BCUT2D eigenvalue weighted by Gasteiger charge is 2.06. The van der Waals surface area contributed by atoms with E-state index in [-0.39, 0.29) is 0 Å². The maximum Gasteiger partial charge on any atom is 0.0342 e. The molecule has 0 aliphatic rings. The summed E-state index contributed by atoms with van der Waals surface area (Å²) in [7, 11) is 0. The molecule has 1 nitrogen and oxygen atoms in total. The Morgan fingerprint density at radius 3 is 1.83 bits per heavy atom. The van der Waals surface area contributed by atoms with Crippen molar-refractivity contribution in [3.8, 4) is 11.1 Å². The summed E-state index contributed by atoms with van der Waals surface area (Å²) in [6, 6.07) is 19.6. The molecule has 0 heterocycles. The van der Waals surface area contributed by atoms with Crippen molar-refractivity contribution in [2.24, 2.45) is 5.92 Å². The van der Waals surface area contributed by atoms with Gasteiger partial charge in [0, 0.05) is 11.7 Å². The zero-order valence-electron chi connectivity index (χ0n) is 11.4. The number of nitrogens with one attached hydrogen (secondary N) is 1. The highest BCUT2D eigenvalue weighted by Crippen LogP contribution is 2.21. The van der Waals surface area contributed by atoms with E-state index >= 15 is 0 Å². The van der Waals surface area contributed by atoms with Crippen molar-refractivity contribution < 1.29 is 0 Å². The van der Waals surface area contributed by atoms with Crippen LogP contribution in [0.25, 0.3) is 11.1 Å². The summed E-state index contributed by atoms with van der Waals surface area (Å²) in [5.41, 5.74) is 3.72. The number of hydrogen-bond acceptors (Lipinski definition) is 1. The lowest BCUT2D eigenvalue weighted by atomic mass is 10.0. The Labute approximate surface area is 110 Å². The highest BCUT2D eigenvalue weighted by atomic mass is 14.9. The second-order valence-corrected chi connectivity index (χ2v) is 5.12. The summed E-state index contributed by atoms with van der Waals surface area (Å²) in [5.74, 6) is 0.638. The van der Waals surface area contributed by atoms with Gasteiger partial charge < -0.3 is 5.32 Å². The Balaban J connectivity index is 2.11. The van der Waals surface area contributed by atoms with E-state index in [9.17, 15) is 0 Å². The molecule has 0 fully saturated rings. The lowest BCUT2D eigenvalue weighted by Crippen LogP contribution is -2.21. The van der Waals surface area contributed by atoms with Crippen LogP contribution in [0.4, 0.5) is 5.69 Å². The van der Waals surface area contributed by atoms with Crippen LogP contribution in [0.1, 0.15) is 20.8 Å². The number of anilines is 1. The van der Waals surface area contributed by atoms with Crippen molar-refractivity contribution in [1.29, 1.82) is 0 Å². The van der Waals surface area contributed by atoms with Gasteiger partial charge in [-0.25, -0.2) is 0 Å². The minimum atomic E-state index is 0.493. The fraction of sp³-hybridized carbons (Fsp3) is 0.294. The van der Waals surface area contributed by atoms with E-state index in [0.29, 0.717) is 12.0 Å². The minimum absolute atomic E-state index is 0.493. The molecule has 2 aromatic rings. The standard InChI is InChI=1S/C17H21N/c1-13(2)14(3)18-17-11-9-16(10-12-17)15-7-5-4-6-8-15/h4-14,18H,1-3H3. The summed E-state index contributed by atoms with van der Waals surface area (Å²) in [6.45, 7) is 6.68. The Bertz CT molecular complexity index is 471. The van der Waals surface area contributed by atoms with E-state index in [4.69, 9.17) is 0 Å². The molecule has 18 heavy (non-hydrogen) atoms. The van der Waals surface area contributed by atoms with E-state index in [1.54, 1.807) is 0 Å². The Morgan fingerprint density at radius 2 is 1.28 bits per heavy atom. The van der Waals surface area contributed by atoms with Gasteiger partial charge in [-0.3, -0.25) is 0 Å². The average molecular weight is 239 g/mol. The predicted octanol–water partition coefficient (Wildman–Crippen LogP) is 4.81. The molecule has 0 saturated heterocycles. The van der Waals surface area contributed by atoms with Crippen LogP contribution in [-0.4, -0.2) is 6.04 Å². The molecule has 0 amide bonds. The topological polar surface area (TPSA) is 12.0 Å². The van der Waals surface area contributed by atoms with Gasteiger partial charge in [0.2, 0.25) is 0 Å². The third kappa shape index (κ3) is 3.13. The van der Waals surface area contributed by atoms with Gasteiger partial charge in [-0.1, -0.05) is 56.3 Å². The smallest absolute Gasteiger partial charge is 0.0342 e. The van der Waals surface area contributed by atoms with Gasteiger partial charge in [0.1, 0.15) is 0 Å². The SMILES string of the molecule is CC(C)C(C)Nc1ccc(-c2ccccc2)cc1. The Kier molecular flexibility index (Phi) is 4.03. The first-order chi connectivity index (χ1) is 8.66. The summed E-state index contributed by atoms with van der Waals surface area (Å²) in [4.78, 5) is 0. The predicted molar refractivity (Wildman–Crippen MR) is 79.8 cm³/mol. The molecule has 2 aromatic carbocycles. The van der Waals surface area contributed by atoms with Crippen molar-refractivity contribution >= 4 is 5.69 Å². The second-order valence-electron chi connectivity index (χ2n) is 5.12. The molecule has 94 valence electrons. The van der Waals surface area contributed by atoms with Crippen molar-refractivity contribution in [1.82, 2.24) is 0 Å². The van der Waals surface area contributed by atoms with Crippen LogP contribution in [0.5, 0.6) is 0 Å². The van der Waals surface area contributed by atoms with Crippen LogP contribution >= 0.6 is 0 Å². The molecule has 0 aliphatic carbocycles. The number of hydrogen-bond donors (Lipinski definition) is 1. The van der Waals surface area contributed by atoms with Crippen molar-refractivity contribution in [3.63, 3.8) is 0 Å². The van der Waals surface area contributed by atoms with Gasteiger partial charge in [-0.15, -0.1) is 0 Å². The first-order valence-corrected chi connectivity index (χ1v) is 6.59. The van der Waals surface area contributed by atoms with Crippen LogP contribution < -0.4 is 5.32 Å². The lowest BCUT2D eigenvalue weighted by molar-refractivity contribution is 0.560. The summed E-state index contributed by atoms with van der Waals surface area (Å²) in [5, 5.41) is 3.52. The van der Waals surface area contributed by atoms with Gasteiger partial charge in [-0.05, 0) is 36.1 Å². The van der Waals surface area contributed by atoms with Crippen molar-refractivity contribution in [2.75, 3.05) is 5.32 Å². The second kappa shape index (κ2) is 5.72. The van der Waals surface area contributed by atoms with Gasteiger partial charge in [-0.2, -0.15) is 0 Å². The molecule has 0 bridgehead atoms. The van der Waals surface area contributed by atoms with E-state index in [1.807, 2.05) is 6.07 Å². The van der Waals surface area contributed by atoms with E-state index in [2.05, 4.69) is 74.6 Å². The van der Waals surface area contributed by atoms with Crippen LogP contribution in [0, 0.1) is 5.92 Å². The maximum absolute atomic E-state index is 3.52. The Hall–Kier alpha value is -1.76. The monoisotopic (exact) mass is 239 g/mol. The number of benzene rings is 2. The van der Waals surface area contributed by atoms with Crippen LogP contribution in [0.2, 0.25) is 0 Å². The lowest BCUT2D eigenvalue weighted by Gasteiger charge is -2.19. The quantitative estimate of drug-likeness (QED) is 0.807. The van der Waals surface area contributed by atoms with E-state index < -0.39 is 0 Å². The molecule has 0 aliphatic heterocycles. The summed E-state index contributed by atoms with van der Waals surface area (Å²) in [6.07, 6.45) is 0. The zero-order chi connectivity index (χ0) is 13.0.